The third-order valence-corrected chi connectivity index (χ3v) is 2.30. The second kappa shape index (κ2) is 4.14. The van der Waals surface area contributed by atoms with Crippen molar-refractivity contribution in [2.24, 2.45) is 5.73 Å². The van der Waals surface area contributed by atoms with E-state index in [1.165, 1.54) is 6.07 Å². The fourth-order valence-electron chi connectivity index (χ4n) is 1.46. The largest absolute Gasteiger partial charge is 0.384 e. The summed E-state index contributed by atoms with van der Waals surface area (Å²) in [5, 5.41) is 7.26. The molecule has 79 valence electrons. The third kappa shape index (κ3) is 2.08. The highest BCUT2D eigenvalue weighted by Gasteiger charge is 2.00. The Bertz CT molecular complexity index is 518. The summed E-state index contributed by atoms with van der Waals surface area (Å²) in [6.07, 6.45) is 0. The summed E-state index contributed by atoms with van der Waals surface area (Å²) in [7, 11) is 0. The first kappa shape index (κ1) is 10.4. The molecule has 2 nitrogen and oxygen atoms in total. The lowest BCUT2D eigenvalue weighted by molar-refractivity contribution is 0.626. The smallest absolute Gasteiger partial charge is 0.131 e. The van der Waals surface area contributed by atoms with E-state index >= 15 is 0 Å². The highest BCUT2D eigenvalue weighted by molar-refractivity contribution is 5.95. The average Bonchev–Trinajstić information content (AvgIpc) is 2.29. The van der Waals surface area contributed by atoms with Gasteiger partial charge in [-0.15, -0.1) is 0 Å². The van der Waals surface area contributed by atoms with Crippen molar-refractivity contribution in [3.8, 4) is 11.1 Å². The second-order valence-corrected chi connectivity index (χ2v) is 3.42. The van der Waals surface area contributed by atoms with Crippen LogP contribution in [0.5, 0.6) is 0 Å². The summed E-state index contributed by atoms with van der Waals surface area (Å²) in [4.78, 5) is 0. The van der Waals surface area contributed by atoms with Crippen LogP contribution in [0, 0.1) is 17.3 Å². The molecule has 0 fully saturated rings. The second-order valence-electron chi connectivity index (χ2n) is 3.42. The summed E-state index contributed by atoms with van der Waals surface area (Å²) in [5.41, 5.74) is 7.67. The molecule has 0 heterocycles. The standard InChI is InChI=1S/C13H10FN2/c14-12-3-1-2-11(8-12)9-4-6-10(7-5-9)13(15)16/h1-2,4-8H,(H3,15,16). The number of nitrogens with one attached hydrogen (secondary N) is 1. The van der Waals surface area contributed by atoms with Crippen LogP contribution in [0.3, 0.4) is 0 Å². The molecule has 2 aromatic carbocycles. The van der Waals surface area contributed by atoms with E-state index in [0.29, 0.717) is 5.56 Å². The zero-order valence-corrected chi connectivity index (χ0v) is 8.50. The number of amidine groups is 1. The number of rotatable bonds is 2. The molecular weight excluding hydrogens is 203 g/mol. The molecule has 0 spiro atoms. The van der Waals surface area contributed by atoms with Gasteiger partial charge in [-0.2, -0.15) is 0 Å². The lowest BCUT2D eigenvalue weighted by Gasteiger charge is -2.03. The van der Waals surface area contributed by atoms with E-state index in [9.17, 15) is 4.39 Å². The molecule has 1 radical (unpaired) electrons. The van der Waals surface area contributed by atoms with Gasteiger partial charge in [-0.25, -0.2) is 4.39 Å². The SMILES string of the molecule is N=C(N)c1ccc(-c2cc[c]c(F)c2)cc1. The molecule has 3 heteroatoms. The molecule has 0 aromatic heterocycles. The van der Waals surface area contributed by atoms with Crippen molar-refractivity contribution < 1.29 is 4.39 Å². The Morgan fingerprint density at radius 3 is 2.38 bits per heavy atom. The predicted molar refractivity (Wildman–Crippen MR) is 61.7 cm³/mol. The zero-order chi connectivity index (χ0) is 11.5. The minimum atomic E-state index is -0.381. The van der Waals surface area contributed by atoms with Crippen molar-refractivity contribution >= 4 is 5.84 Å². The molecule has 2 aromatic rings. The maximum absolute atomic E-state index is 13.0. The Balaban J connectivity index is 2.38. The first-order valence-corrected chi connectivity index (χ1v) is 4.79. The van der Waals surface area contributed by atoms with E-state index < -0.39 is 0 Å². The topological polar surface area (TPSA) is 49.9 Å². The van der Waals surface area contributed by atoms with Crippen molar-refractivity contribution in [1.82, 2.24) is 0 Å². The molecule has 0 aliphatic rings. The van der Waals surface area contributed by atoms with Crippen LogP contribution in [0.2, 0.25) is 0 Å². The van der Waals surface area contributed by atoms with E-state index in [1.54, 1.807) is 24.3 Å². The number of nitrogen functional groups attached to an aromatic ring is 1. The van der Waals surface area contributed by atoms with Gasteiger partial charge >= 0.3 is 0 Å². The monoisotopic (exact) mass is 213 g/mol. The Hall–Kier alpha value is -2.16. The van der Waals surface area contributed by atoms with E-state index in [4.69, 9.17) is 11.1 Å². The van der Waals surface area contributed by atoms with Crippen molar-refractivity contribution in [2.75, 3.05) is 0 Å². The van der Waals surface area contributed by atoms with Crippen molar-refractivity contribution in [1.29, 1.82) is 5.41 Å². The van der Waals surface area contributed by atoms with Gasteiger partial charge in [0.05, 0.1) is 0 Å². The van der Waals surface area contributed by atoms with Crippen LogP contribution in [0.25, 0.3) is 11.1 Å². The molecule has 0 atom stereocenters. The molecule has 0 saturated carbocycles. The molecule has 0 unspecified atom stereocenters. The van der Waals surface area contributed by atoms with E-state index in [2.05, 4.69) is 6.07 Å². The van der Waals surface area contributed by atoms with Crippen LogP contribution in [-0.4, -0.2) is 5.84 Å². The Morgan fingerprint density at radius 1 is 1.12 bits per heavy atom. The summed E-state index contributed by atoms with van der Waals surface area (Å²) in [6, 6.07) is 14.3. The highest BCUT2D eigenvalue weighted by Crippen LogP contribution is 2.20. The van der Waals surface area contributed by atoms with Gasteiger partial charge in [-0.05, 0) is 17.2 Å². The summed E-state index contributed by atoms with van der Waals surface area (Å²) in [6.45, 7) is 0. The molecule has 0 aliphatic heterocycles. The predicted octanol–water partition coefficient (Wildman–Crippen LogP) is 2.58. The molecule has 0 bridgehead atoms. The van der Waals surface area contributed by atoms with E-state index in [-0.39, 0.29) is 11.7 Å². The fraction of sp³-hybridized carbons (Fsp3) is 0. The molecule has 2 rings (SSSR count). The first-order valence-electron chi connectivity index (χ1n) is 4.79. The molecule has 16 heavy (non-hydrogen) atoms. The number of hydrogen-bond donors (Lipinski definition) is 2. The fourth-order valence-corrected chi connectivity index (χ4v) is 1.46. The van der Waals surface area contributed by atoms with Crippen molar-refractivity contribution in [3.63, 3.8) is 0 Å². The van der Waals surface area contributed by atoms with Crippen LogP contribution < -0.4 is 5.73 Å². The molecule has 0 saturated heterocycles. The normalized spacial score (nSPS) is 10.1. The molecule has 3 N–H and O–H groups in total. The highest BCUT2D eigenvalue weighted by atomic mass is 19.1. The lowest BCUT2D eigenvalue weighted by atomic mass is 10.0. The van der Waals surface area contributed by atoms with Crippen molar-refractivity contribution in [2.45, 2.75) is 0 Å². The van der Waals surface area contributed by atoms with Gasteiger partial charge < -0.3 is 5.73 Å². The van der Waals surface area contributed by atoms with Crippen molar-refractivity contribution in [3.05, 3.63) is 59.9 Å². The number of benzene rings is 2. The quantitative estimate of drug-likeness (QED) is 0.584. The maximum atomic E-state index is 13.0. The molecule has 0 amide bonds. The van der Waals surface area contributed by atoms with Crippen LogP contribution >= 0.6 is 0 Å². The third-order valence-electron chi connectivity index (χ3n) is 2.30. The van der Waals surface area contributed by atoms with E-state index in [0.717, 1.165) is 11.1 Å². The summed E-state index contributed by atoms with van der Waals surface area (Å²) < 4.78 is 13.0. The number of nitrogens with two attached hydrogens (primary N) is 1. The summed E-state index contributed by atoms with van der Waals surface area (Å²) in [5.74, 6) is -0.354. The minimum absolute atomic E-state index is 0.0270. The molecular formula is C13H10FN2. The average molecular weight is 213 g/mol. The van der Waals surface area contributed by atoms with Crippen LogP contribution in [-0.2, 0) is 0 Å². The van der Waals surface area contributed by atoms with Gasteiger partial charge in [0.15, 0.2) is 0 Å². The van der Waals surface area contributed by atoms with Gasteiger partial charge in [0, 0.05) is 11.6 Å². The van der Waals surface area contributed by atoms with Crippen LogP contribution in [0.1, 0.15) is 5.56 Å². The van der Waals surface area contributed by atoms with Crippen LogP contribution in [0.4, 0.5) is 4.39 Å². The first-order chi connectivity index (χ1) is 7.66. The van der Waals surface area contributed by atoms with Gasteiger partial charge in [0.2, 0.25) is 0 Å². The van der Waals surface area contributed by atoms with Gasteiger partial charge in [-0.1, -0.05) is 36.4 Å². The Labute approximate surface area is 93.0 Å². The lowest BCUT2D eigenvalue weighted by Crippen LogP contribution is -2.10. The van der Waals surface area contributed by atoms with Gasteiger partial charge in [0.1, 0.15) is 11.7 Å². The number of halogens is 1. The minimum Gasteiger partial charge on any atom is -0.384 e. The Kier molecular flexibility index (Phi) is 2.68. The zero-order valence-electron chi connectivity index (χ0n) is 8.50. The maximum Gasteiger partial charge on any atom is 0.131 e. The van der Waals surface area contributed by atoms with Gasteiger partial charge in [-0.3, -0.25) is 5.41 Å². The summed E-state index contributed by atoms with van der Waals surface area (Å²) >= 11 is 0. The van der Waals surface area contributed by atoms with Gasteiger partial charge in [0.25, 0.3) is 0 Å². The van der Waals surface area contributed by atoms with Crippen LogP contribution in [0.15, 0.2) is 42.5 Å². The molecule has 0 aliphatic carbocycles. The number of hydrogen-bond acceptors (Lipinski definition) is 1. The Morgan fingerprint density at radius 2 is 1.81 bits per heavy atom. The van der Waals surface area contributed by atoms with E-state index in [1.807, 2.05) is 12.1 Å².